The summed E-state index contributed by atoms with van der Waals surface area (Å²) in [5, 5.41) is 24.2. The second-order valence-corrected chi connectivity index (χ2v) is 19.0. The van der Waals surface area contributed by atoms with Crippen LogP contribution in [0.2, 0.25) is 0 Å². The van der Waals surface area contributed by atoms with Crippen molar-refractivity contribution in [3.05, 3.63) is 52.5 Å². The van der Waals surface area contributed by atoms with Gasteiger partial charge < -0.3 is 52.7 Å². The van der Waals surface area contributed by atoms with Crippen LogP contribution in [0.5, 0.6) is 11.8 Å². The first kappa shape index (κ1) is 50.1. The predicted molar refractivity (Wildman–Crippen MR) is 234 cm³/mol. The highest BCUT2D eigenvalue weighted by Gasteiger charge is 2.54. The highest BCUT2D eigenvalue weighted by molar-refractivity contribution is 7.85. The van der Waals surface area contributed by atoms with Gasteiger partial charge in [-0.05, 0) is 75.9 Å². The van der Waals surface area contributed by atoms with Crippen molar-refractivity contribution >= 4 is 46.7 Å². The number of hydrogen-bond donors (Lipinski definition) is 5. The van der Waals surface area contributed by atoms with Crippen molar-refractivity contribution in [3.63, 3.8) is 0 Å². The number of rotatable bonds is 27. The third-order valence-corrected chi connectivity index (χ3v) is 11.8. The molecular weight excluding hydrogens is 827 g/mol. The van der Waals surface area contributed by atoms with Crippen LogP contribution in [0.1, 0.15) is 108 Å². The Balaban J connectivity index is 1.38. The van der Waals surface area contributed by atoms with Gasteiger partial charge in [0.15, 0.2) is 5.70 Å². The van der Waals surface area contributed by atoms with Gasteiger partial charge in [-0.2, -0.15) is 8.42 Å². The first-order valence-corrected chi connectivity index (χ1v) is 23.4. The number of amides is 2. The van der Waals surface area contributed by atoms with E-state index in [1.54, 1.807) is 6.08 Å². The fourth-order valence-corrected chi connectivity index (χ4v) is 8.50. The Bertz CT molecular complexity index is 2090. The smallest absolute Gasteiger partial charge is 0.492 e. The molecule has 4 rings (SSSR count). The molecule has 0 spiro atoms. The number of aromatic nitrogens is 2. The Labute approximate surface area is 364 Å². The zero-order valence-electron chi connectivity index (χ0n) is 37.2. The fourth-order valence-electron chi connectivity index (χ4n) is 7.84. The highest BCUT2D eigenvalue weighted by Crippen LogP contribution is 2.40. The largest absolute Gasteiger partial charge is 0.737 e. The van der Waals surface area contributed by atoms with Crippen LogP contribution in [0.25, 0.3) is 6.08 Å². The molecule has 2 aliphatic heterocycles. The maximum Gasteiger partial charge on any atom is 0.737 e. The summed E-state index contributed by atoms with van der Waals surface area (Å²) in [6.45, 7) is 1.63. The Morgan fingerprint density at radius 3 is 2.24 bits per heavy atom. The molecule has 62 heavy (non-hydrogen) atoms. The van der Waals surface area contributed by atoms with Gasteiger partial charge in [0.1, 0.15) is 17.5 Å². The zero-order chi connectivity index (χ0) is 45.8. The summed E-state index contributed by atoms with van der Waals surface area (Å²) in [6.07, 6.45) is 11.1. The number of nitrogens with one attached hydrogen (secondary N) is 2. The molecule has 0 aliphatic carbocycles. The molecule has 5 N–H and O–H groups in total. The summed E-state index contributed by atoms with van der Waals surface area (Å²) >= 11 is 0. The van der Waals surface area contributed by atoms with E-state index in [-0.39, 0.29) is 31.5 Å². The number of aromatic hydroxyl groups is 2. The van der Waals surface area contributed by atoms with Crippen LogP contribution in [0.3, 0.4) is 0 Å². The van der Waals surface area contributed by atoms with Gasteiger partial charge in [0.05, 0.1) is 27.7 Å². The maximum atomic E-state index is 17.1. The van der Waals surface area contributed by atoms with E-state index in [1.165, 1.54) is 16.6 Å². The molecule has 4 heterocycles. The molecule has 2 aromatic heterocycles. The van der Waals surface area contributed by atoms with Crippen LogP contribution in [0.15, 0.2) is 35.5 Å². The number of carbonyl (C=O) groups excluding carboxylic acids is 3. The van der Waals surface area contributed by atoms with Crippen LogP contribution in [-0.2, 0) is 37.3 Å². The van der Waals surface area contributed by atoms with Gasteiger partial charge in [-0.25, -0.2) is 4.79 Å². The molecule has 0 aromatic carbocycles. The Hall–Kier alpha value is -4.53. The average Bonchev–Trinajstić information content (AvgIpc) is 3.83. The molecule has 346 valence electrons. The molecule has 1 atom stereocenters. The number of halogens is 2. The van der Waals surface area contributed by atoms with Gasteiger partial charge in [-0.3, -0.25) is 14.1 Å². The van der Waals surface area contributed by atoms with E-state index in [1.807, 2.05) is 31.0 Å². The number of unbranched alkanes of at least 4 members (excludes halogenated alkanes) is 4. The number of hydrogen-bond acceptors (Lipinski definition) is 9. The molecule has 16 nitrogen and oxygen atoms in total. The summed E-state index contributed by atoms with van der Waals surface area (Å²) in [4.78, 5) is 45.4. The molecule has 2 aromatic rings. The van der Waals surface area contributed by atoms with Crippen LogP contribution < -0.4 is 15.5 Å². The molecule has 2 amide bonds. The standard InChI is InChI=1S/C42H66BF2N7O9S/c1-7-9-15-31-27-33(17-14-26-52(4,5)6)49-36(31)29-37-32(16-10-8-2)28-34(50(37)43(49,44)45)19-20-38(53)47-35(30-62(58,59)60)42(57)46-23-25-48(3)24-13-11-12-18-41(56)61-51-39(54)21-22-40(51)55/h21-22,27-29,35H,7-20,23-26,30H2,1-6H3,(H4-,46,47,53,54,55,57,58,59,60)/p+1. The summed E-state index contributed by atoms with van der Waals surface area (Å²) in [5.41, 5.74) is 3.51. The summed E-state index contributed by atoms with van der Waals surface area (Å²) in [6, 6.07) is 2.68. The van der Waals surface area contributed by atoms with Crippen molar-refractivity contribution in [1.29, 1.82) is 0 Å². The minimum atomic E-state index is -4.70. The molecular formula is C42H67BF2N7O9S+. The highest BCUT2D eigenvalue weighted by atomic mass is 32.2. The predicted octanol–water partition coefficient (Wildman–Crippen LogP) is 4.26. The van der Waals surface area contributed by atoms with Gasteiger partial charge >= 0.3 is 12.9 Å². The van der Waals surface area contributed by atoms with E-state index in [2.05, 4.69) is 38.7 Å². The number of quaternary nitrogens is 1. The number of nitrogens with zero attached hydrogens (tertiary/aromatic N) is 5. The number of aryl methyl sites for hydroxylation is 2. The van der Waals surface area contributed by atoms with Gasteiger partial charge in [0, 0.05) is 74.3 Å². The minimum Gasteiger partial charge on any atom is -0.492 e. The van der Waals surface area contributed by atoms with Crippen molar-refractivity contribution in [2.75, 3.05) is 60.1 Å². The van der Waals surface area contributed by atoms with E-state index in [4.69, 9.17) is 4.84 Å². The lowest BCUT2D eigenvalue weighted by molar-refractivity contribution is -0.870. The maximum absolute atomic E-state index is 17.1. The number of carbonyl (C=O) groups is 3. The van der Waals surface area contributed by atoms with Gasteiger partial charge in [0.25, 0.3) is 10.1 Å². The monoisotopic (exact) mass is 894 g/mol. The van der Waals surface area contributed by atoms with Crippen LogP contribution >= 0.6 is 0 Å². The van der Waals surface area contributed by atoms with E-state index >= 15 is 8.63 Å². The average molecular weight is 895 g/mol. The number of allylic oxidation sites excluding steroid dienone is 2. The third kappa shape index (κ3) is 14.3. The molecule has 2 aliphatic rings. The molecule has 1 unspecified atom stereocenters. The summed E-state index contributed by atoms with van der Waals surface area (Å²) in [7, 11) is 3.32. The van der Waals surface area contributed by atoms with E-state index in [0.717, 1.165) is 54.3 Å². The Morgan fingerprint density at radius 1 is 0.919 bits per heavy atom. The van der Waals surface area contributed by atoms with E-state index < -0.39 is 58.4 Å². The lowest BCUT2D eigenvalue weighted by Crippen LogP contribution is -2.52. The van der Waals surface area contributed by atoms with E-state index in [9.17, 15) is 37.6 Å². The van der Waals surface area contributed by atoms with E-state index in [0.29, 0.717) is 77.9 Å². The Morgan fingerprint density at radius 2 is 1.60 bits per heavy atom. The molecule has 0 fully saturated rings. The third-order valence-electron chi connectivity index (χ3n) is 11.1. The molecule has 0 saturated carbocycles. The van der Waals surface area contributed by atoms with Crippen LogP contribution in [0, 0.1) is 0 Å². The minimum absolute atomic E-state index is 0.0599. The zero-order valence-corrected chi connectivity index (χ0v) is 38.0. The first-order chi connectivity index (χ1) is 29.1. The van der Waals surface area contributed by atoms with Crippen molar-refractivity contribution in [2.24, 2.45) is 0 Å². The van der Waals surface area contributed by atoms with Gasteiger partial charge in [-0.1, -0.05) is 33.1 Å². The Kier molecular flexibility index (Phi) is 17.9. The summed E-state index contributed by atoms with van der Waals surface area (Å²) in [5.74, 6) is -4.07. The van der Waals surface area contributed by atoms with Crippen molar-refractivity contribution in [1.82, 2.24) is 24.7 Å². The lowest BCUT2D eigenvalue weighted by atomic mass is 9.88. The van der Waals surface area contributed by atoms with Crippen LogP contribution in [0.4, 0.5) is 8.63 Å². The lowest BCUT2D eigenvalue weighted by Gasteiger charge is -2.32. The summed E-state index contributed by atoms with van der Waals surface area (Å²) < 4.78 is 71.4. The molecule has 0 saturated heterocycles. The van der Waals surface area contributed by atoms with Crippen molar-refractivity contribution in [3.8, 4) is 11.8 Å². The molecule has 0 radical (unpaired) electrons. The number of fused-ring (bicyclic) bond motifs is 2. The second-order valence-electron chi connectivity index (χ2n) is 17.5. The molecule has 20 heteroatoms. The normalized spacial score (nSPS) is 15.3. The molecule has 0 bridgehead atoms. The van der Waals surface area contributed by atoms with Crippen LogP contribution in [-0.4, -0.2) is 143 Å². The first-order valence-electron chi connectivity index (χ1n) is 21.8. The topological polar surface area (TPSA) is 195 Å². The van der Waals surface area contributed by atoms with Gasteiger partial charge in [-0.15, -0.1) is 4.73 Å². The van der Waals surface area contributed by atoms with Gasteiger partial charge in [0.2, 0.25) is 23.6 Å². The fraction of sp³-hybridized carbons (Fsp3) is 0.619. The second kappa shape index (κ2) is 22.2. The number of likely N-dealkylation sites (N-methyl/N-ethyl adjacent to an activating group) is 1. The quantitative estimate of drug-likeness (QED) is 0.0375. The van der Waals surface area contributed by atoms with Crippen molar-refractivity contribution < 1.29 is 60.0 Å². The SMILES string of the molecule is CCCCC1=CC(CCC(=O)NC(CS(=O)(=O)O)C(=O)NCCN(C)CCCCCC(=O)On2c(O)ccc2O)=[N+]2C1=Cc1c(CCCC)cc(CCC[N+](C)(C)C)n1[B-]2(F)F. The van der Waals surface area contributed by atoms with Crippen molar-refractivity contribution in [2.45, 2.75) is 110 Å².